The molecule has 2 rings (SSSR count). The SMILES string of the molecule is COCCC(C)N(C(=O)C1CCC(C)CC1)c1sc(C#CC(C)(C)C)cc1C(=O)O. The largest absolute Gasteiger partial charge is 0.478 e. The van der Waals surface area contributed by atoms with Gasteiger partial charge in [0.05, 0.1) is 10.4 Å². The van der Waals surface area contributed by atoms with E-state index >= 15 is 0 Å². The molecule has 0 bridgehead atoms. The summed E-state index contributed by atoms with van der Waals surface area (Å²) in [6.45, 7) is 10.7. The minimum Gasteiger partial charge on any atom is -0.478 e. The first kappa shape index (κ1) is 24.4. The van der Waals surface area contributed by atoms with Crippen LogP contribution in [-0.2, 0) is 9.53 Å². The zero-order valence-electron chi connectivity index (χ0n) is 19.1. The van der Waals surface area contributed by atoms with Gasteiger partial charge in [0.1, 0.15) is 5.00 Å². The molecule has 1 aromatic heterocycles. The molecule has 0 radical (unpaired) electrons. The second-order valence-corrected chi connectivity index (χ2v) is 10.5. The summed E-state index contributed by atoms with van der Waals surface area (Å²) in [6, 6.07) is 1.45. The van der Waals surface area contributed by atoms with Gasteiger partial charge >= 0.3 is 5.97 Å². The Kier molecular flexibility index (Phi) is 8.52. The standard InChI is InChI=1S/C24H35NO4S/c1-16-7-9-18(10-8-16)21(26)25(17(2)12-14-29-6)22-20(23(27)28)15-19(30-22)11-13-24(3,4)5/h15-18H,7-10,12,14H2,1-6H3,(H,27,28). The fourth-order valence-corrected chi connectivity index (χ4v) is 4.77. The van der Waals surface area contributed by atoms with Crippen molar-refractivity contribution in [1.82, 2.24) is 0 Å². The fourth-order valence-electron chi connectivity index (χ4n) is 3.66. The van der Waals surface area contributed by atoms with Crippen molar-refractivity contribution in [1.29, 1.82) is 0 Å². The molecule has 0 saturated heterocycles. The van der Waals surface area contributed by atoms with Gasteiger partial charge in [-0.3, -0.25) is 9.69 Å². The fraction of sp³-hybridized carbons (Fsp3) is 0.667. The van der Waals surface area contributed by atoms with Gasteiger partial charge in [-0.05, 0) is 71.8 Å². The van der Waals surface area contributed by atoms with Gasteiger partial charge in [-0.1, -0.05) is 18.8 Å². The topological polar surface area (TPSA) is 66.8 Å². The van der Waals surface area contributed by atoms with E-state index in [1.54, 1.807) is 18.1 Å². The van der Waals surface area contributed by atoms with Crippen LogP contribution in [0.3, 0.4) is 0 Å². The van der Waals surface area contributed by atoms with Crippen LogP contribution < -0.4 is 4.90 Å². The molecule has 1 amide bonds. The Morgan fingerprint density at radius 1 is 1.30 bits per heavy atom. The van der Waals surface area contributed by atoms with Gasteiger partial charge in [-0.15, -0.1) is 11.3 Å². The van der Waals surface area contributed by atoms with Crippen LogP contribution in [0.15, 0.2) is 6.07 Å². The van der Waals surface area contributed by atoms with Gasteiger partial charge in [0, 0.05) is 31.1 Å². The van der Waals surface area contributed by atoms with Crippen molar-refractivity contribution >= 4 is 28.2 Å². The molecule has 166 valence electrons. The van der Waals surface area contributed by atoms with Crippen molar-refractivity contribution in [3.63, 3.8) is 0 Å². The highest BCUT2D eigenvalue weighted by molar-refractivity contribution is 7.17. The summed E-state index contributed by atoms with van der Waals surface area (Å²) in [5.41, 5.74) is -0.0341. The Hall–Kier alpha value is -1.84. The normalized spacial score (nSPS) is 20.2. The average molecular weight is 434 g/mol. The first-order valence-corrected chi connectivity index (χ1v) is 11.6. The monoisotopic (exact) mass is 433 g/mol. The molecule has 1 fully saturated rings. The third-order valence-corrected chi connectivity index (χ3v) is 6.56. The Bertz CT molecular complexity index is 803. The number of ether oxygens (including phenoxy) is 1. The van der Waals surface area contributed by atoms with Crippen molar-refractivity contribution in [2.45, 2.75) is 72.8 Å². The predicted molar refractivity (Wildman–Crippen MR) is 122 cm³/mol. The number of carbonyl (C=O) groups is 2. The van der Waals surface area contributed by atoms with E-state index in [2.05, 4.69) is 18.8 Å². The first-order chi connectivity index (χ1) is 14.0. The van der Waals surface area contributed by atoms with E-state index in [0.29, 0.717) is 28.8 Å². The molecule has 1 heterocycles. The number of anilines is 1. The van der Waals surface area contributed by atoms with Crippen molar-refractivity contribution in [3.05, 3.63) is 16.5 Å². The van der Waals surface area contributed by atoms with E-state index in [1.165, 1.54) is 11.3 Å². The smallest absolute Gasteiger partial charge is 0.338 e. The minimum atomic E-state index is -1.03. The predicted octanol–water partition coefficient (Wildman–Crippen LogP) is 5.43. The molecular formula is C24H35NO4S. The highest BCUT2D eigenvalue weighted by Crippen LogP contribution is 2.37. The highest BCUT2D eigenvalue weighted by Gasteiger charge is 2.34. The van der Waals surface area contributed by atoms with Gasteiger partial charge in [0.25, 0.3) is 0 Å². The lowest BCUT2D eigenvalue weighted by Crippen LogP contribution is -2.44. The summed E-state index contributed by atoms with van der Waals surface area (Å²) >= 11 is 1.30. The molecule has 6 heteroatoms. The van der Waals surface area contributed by atoms with Gasteiger partial charge in [-0.25, -0.2) is 4.79 Å². The lowest BCUT2D eigenvalue weighted by molar-refractivity contribution is -0.124. The number of aromatic carboxylic acids is 1. The van der Waals surface area contributed by atoms with E-state index in [-0.39, 0.29) is 28.8 Å². The number of hydrogen-bond acceptors (Lipinski definition) is 4. The Morgan fingerprint density at radius 3 is 2.47 bits per heavy atom. The van der Waals surface area contributed by atoms with Crippen molar-refractivity contribution in [2.24, 2.45) is 17.3 Å². The van der Waals surface area contributed by atoms with Crippen LogP contribution in [-0.4, -0.2) is 36.7 Å². The zero-order chi connectivity index (χ0) is 22.5. The minimum absolute atomic E-state index is 0.0326. The average Bonchev–Trinajstić information content (AvgIpc) is 3.09. The molecule has 0 aliphatic heterocycles. The molecule has 1 aromatic rings. The molecule has 0 aromatic carbocycles. The van der Waals surface area contributed by atoms with Gasteiger partial charge in [-0.2, -0.15) is 0 Å². The molecule has 1 N–H and O–H groups in total. The number of carbonyl (C=O) groups excluding carboxylic acids is 1. The van der Waals surface area contributed by atoms with Crippen molar-refractivity contribution in [2.75, 3.05) is 18.6 Å². The van der Waals surface area contributed by atoms with Crippen LogP contribution in [0.1, 0.15) is 82.0 Å². The van der Waals surface area contributed by atoms with Gasteiger partial charge < -0.3 is 9.84 Å². The molecular weight excluding hydrogens is 398 g/mol. The maximum Gasteiger partial charge on any atom is 0.338 e. The van der Waals surface area contributed by atoms with Crippen LogP contribution in [0, 0.1) is 29.1 Å². The number of thiophene rings is 1. The van der Waals surface area contributed by atoms with Crippen LogP contribution in [0.4, 0.5) is 5.00 Å². The number of carboxylic acids is 1. The van der Waals surface area contributed by atoms with E-state index in [9.17, 15) is 14.7 Å². The second-order valence-electron chi connectivity index (χ2n) is 9.43. The summed E-state index contributed by atoms with van der Waals surface area (Å²) in [5.74, 6) is 5.86. The highest BCUT2D eigenvalue weighted by atomic mass is 32.1. The molecule has 1 unspecified atom stereocenters. The third-order valence-electron chi connectivity index (χ3n) is 5.51. The molecule has 1 atom stereocenters. The molecule has 30 heavy (non-hydrogen) atoms. The van der Waals surface area contributed by atoms with E-state index in [1.807, 2.05) is 27.7 Å². The van der Waals surface area contributed by atoms with Crippen LogP contribution >= 0.6 is 11.3 Å². The molecule has 1 aliphatic rings. The molecule has 1 saturated carbocycles. The first-order valence-electron chi connectivity index (χ1n) is 10.8. The summed E-state index contributed by atoms with van der Waals surface area (Å²) in [6.07, 6.45) is 4.44. The number of amides is 1. The number of rotatable bonds is 7. The molecule has 1 aliphatic carbocycles. The second kappa shape index (κ2) is 10.5. The van der Waals surface area contributed by atoms with E-state index < -0.39 is 5.97 Å². The Morgan fingerprint density at radius 2 is 1.93 bits per heavy atom. The Balaban J connectivity index is 2.45. The summed E-state index contributed by atoms with van der Waals surface area (Å²) in [4.78, 5) is 28.0. The van der Waals surface area contributed by atoms with Crippen molar-refractivity contribution < 1.29 is 19.4 Å². The molecule has 5 nitrogen and oxygen atoms in total. The molecule has 0 spiro atoms. The van der Waals surface area contributed by atoms with Gasteiger partial charge in [0.2, 0.25) is 5.91 Å². The quantitative estimate of drug-likeness (QED) is 0.582. The lowest BCUT2D eigenvalue weighted by Gasteiger charge is -2.34. The summed E-state index contributed by atoms with van der Waals surface area (Å²) in [7, 11) is 1.63. The van der Waals surface area contributed by atoms with Gasteiger partial charge in [0.15, 0.2) is 0 Å². The van der Waals surface area contributed by atoms with Crippen molar-refractivity contribution in [3.8, 4) is 11.8 Å². The number of nitrogens with zero attached hydrogens (tertiary/aromatic N) is 1. The van der Waals surface area contributed by atoms with E-state index in [4.69, 9.17) is 4.74 Å². The van der Waals surface area contributed by atoms with Crippen LogP contribution in [0.25, 0.3) is 0 Å². The Labute approximate surface area is 184 Å². The maximum atomic E-state index is 13.6. The number of carboxylic acid groups (broad SMARTS) is 1. The number of methoxy groups -OCH3 is 1. The van der Waals surface area contributed by atoms with E-state index in [0.717, 1.165) is 25.7 Å². The third kappa shape index (κ3) is 6.58. The summed E-state index contributed by atoms with van der Waals surface area (Å²) < 4.78 is 5.22. The number of hydrogen-bond donors (Lipinski definition) is 1. The van der Waals surface area contributed by atoms with Crippen LogP contribution in [0.5, 0.6) is 0 Å². The summed E-state index contributed by atoms with van der Waals surface area (Å²) in [5, 5.41) is 10.3. The van der Waals surface area contributed by atoms with Crippen LogP contribution in [0.2, 0.25) is 0 Å². The maximum absolute atomic E-state index is 13.6. The lowest BCUT2D eigenvalue weighted by atomic mass is 9.82. The zero-order valence-corrected chi connectivity index (χ0v) is 19.9.